The third kappa shape index (κ3) is 8.72. The summed E-state index contributed by atoms with van der Waals surface area (Å²) in [6, 6.07) is 4.80. The molecule has 0 saturated carbocycles. The summed E-state index contributed by atoms with van der Waals surface area (Å²) in [5.41, 5.74) is 2.94. The van der Waals surface area contributed by atoms with Crippen molar-refractivity contribution >= 4 is 37.7 Å². The van der Waals surface area contributed by atoms with Crippen molar-refractivity contribution < 1.29 is 38.7 Å². The lowest BCUT2D eigenvalue weighted by molar-refractivity contribution is -0.001000. The Kier molecular flexibility index (Phi) is 14.6. The lowest BCUT2D eigenvalue weighted by Crippen LogP contribution is -3.00. The van der Waals surface area contributed by atoms with Crippen LogP contribution in [-0.4, -0.2) is 29.6 Å². The van der Waals surface area contributed by atoms with E-state index in [0.717, 1.165) is 6.61 Å². The number of ether oxygens (including phenoxy) is 1. The van der Waals surface area contributed by atoms with Crippen molar-refractivity contribution in [3.8, 4) is 5.75 Å². The minimum Gasteiger partial charge on any atom is -1.00 e. The van der Waals surface area contributed by atoms with E-state index < -0.39 is 0 Å². The van der Waals surface area contributed by atoms with Crippen molar-refractivity contribution in [2.45, 2.75) is 69.8 Å². The van der Waals surface area contributed by atoms with E-state index in [1.54, 1.807) is 0 Å². The maximum atomic E-state index is 6.34. The number of rotatable bonds is 10. The molecule has 1 nitrogen and oxygen atoms in total. The van der Waals surface area contributed by atoms with Crippen LogP contribution >= 0.6 is 15.9 Å². The minimum absolute atomic E-state index is 0. The van der Waals surface area contributed by atoms with Gasteiger partial charge in [0.15, 0.2) is 0 Å². The third-order valence-electron chi connectivity index (χ3n) is 5.44. The van der Waals surface area contributed by atoms with E-state index in [-0.39, 0.29) is 34.0 Å². The van der Waals surface area contributed by atoms with E-state index in [2.05, 4.69) is 35.0 Å². The molecule has 2 heterocycles. The summed E-state index contributed by atoms with van der Waals surface area (Å²) in [7, 11) is 1.18. The summed E-state index contributed by atoms with van der Waals surface area (Å²) >= 11 is 3.89. The molecule has 0 atom stereocenters. The summed E-state index contributed by atoms with van der Waals surface area (Å²) in [6.45, 7) is 3.15. The van der Waals surface area contributed by atoms with Gasteiger partial charge in [-0.15, -0.1) is 0 Å². The molecule has 2 aliphatic rings. The zero-order valence-corrected chi connectivity index (χ0v) is 23.5. The summed E-state index contributed by atoms with van der Waals surface area (Å²) in [6.07, 6.45) is 10.8. The zero-order chi connectivity index (χ0) is 18.2. The van der Waals surface area contributed by atoms with Gasteiger partial charge in [-0.3, -0.25) is 0 Å². The number of hydrogen-bond acceptors (Lipinski definition) is 1. The Morgan fingerprint density at radius 2 is 1.39 bits per heavy atom. The lowest BCUT2D eigenvalue weighted by Gasteiger charge is -2.14. The Bertz CT molecular complexity index is 559. The number of halogens is 3. The van der Waals surface area contributed by atoms with Crippen LogP contribution in [0.2, 0.25) is 0 Å². The smallest absolute Gasteiger partial charge is 0.136 e. The summed E-state index contributed by atoms with van der Waals surface area (Å²) in [5, 5.41) is 0. The Labute approximate surface area is 207 Å². The van der Waals surface area contributed by atoms with Crippen LogP contribution in [0.1, 0.15) is 69.4 Å². The Balaban J connectivity index is 0.00000196. The van der Waals surface area contributed by atoms with Crippen LogP contribution in [0, 0.1) is 0 Å². The zero-order valence-electron chi connectivity index (χ0n) is 17.1. The molecule has 0 unspecified atom stereocenters. The highest BCUT2D eigenvalue weighted by molar-refractivity contribution is 9.10. The molecule has 0 aromatic heterocycles. The predicted octanol–water partition coefficient (Wildman–Crippen LogP) is 0.240. The third-order valence-corrected chi connectivity index (χ3v) is 11.1. The van der Waals surface area contributed by atoms with Gasteiger partial charge in [0.1, 0.15) is 40.3 Å². The first-order valence-electron chi connectivity index (χ1n) is 10.5. The monoisotopic (exact) mass is 616 g/mol. The average molecular weight is 619 g/mol. The van der Waals surface area contributed by atoms with E-state index in [4.69, 9.17) is 4.74 Å². The molecule has 0 radical (unpaired) electrons. The highest BCUT2D eigenvalue weighted by Gasteiger charge is 2.28. The van der Waals surface area contributed by atoms with Crippen molar-refractivity contribution in [2.75, 3.05) is 29.6 Å². The van der Waals surface area contributed by atoms with Gasteiger partial charge in [-0.1, -0.05) is 42.1 Å². The second-order valence-electron chi connectivity index (χ2n) is 7.70. The fraction of sp³-hybridized carbons (Fsp3) is 0.727. The van der Waals surface area contributed by atoms with Crippen LogP contribution in [0.3, 0.4) is 0 Å². The van der Waals surface area contributed by atoms with Crippen molar-refractivity contribution in [2.24, 2.45) is 0 Å². The predicted molar refractivity (Wildman–Crippen MR) is 124 cm³/mol. The van der Waals surface area contributed by atoms with Crippen LogP contribution in [0.15, 0.2) is 16.6 Å². The van der Waals surface area contributed by atoms with Crippen LogP contribution < -0.4 is 38.7 Å². The molecule has 0 spiro atoms. The van der Waals surface area contributed by atoms with Crippen LogP contribution in [-0.2, 0) is 33.3 Å². The molecule has 2 aliphatic heterocycles. The number of benzene rings is 1. The Hall–Kier alpha value is 1.16. The van der Waals surface area contributed by atoms with Crippen LogP contribution in [0.4, 0.5) is 0 Å². The van der Waals surface area contributed by atoms with E-state index in [1.165, 1.54) is 107 Å². The summed E-state index contributed by atoms with van der Waals surface area (Å²) in [4.78, 5) is 0. The van der Waals surface area contributed by atoms with Crippen molar-refractivity contribution in [3.63, 3.8) is 0 Å². The molecule has 0 aliphatic carbocycles. The van der Waals surface area contributed by atoms with Gasteiger partial charge in [0.05, 0.1) is 6.61 Å². The van der Waals surface area contributed by atoms with Gasteiger partial charge in [0.25, 0.3) is 0 Å². The van der Waals surface area contributed by atoms with Crippen molar-refractivity contribution in [1.82, 2.24) is 0 Å². The molecule has 0 bridgehead atoms. The lowest BCUT2D eigenvalue weighted by atomic mass is 10.1. The van der Waals surface area contributed by atoms with Gasteiger partial charge in [-0.25, -0.2) is 0 Å². The fourth-order valence-electron chi connectivity index (χ4n) is 3.86. The van der Waals surface area contributed by atoms with E-state index in [9.17, 15) is 0 Å². The SMILES string of the molecule is CCCCCCOc1cc(C[S+]2CCCC2)c(Br)cc1C[S+]1CCCC1.[Br-].[Br-]. The molecular formula is C22H35Br3OS2. The molecule has 2 saturated heterocycles. The first-order valence-corrected chi connectivity index (χ1v) is 14.7. The first kappa shape index (κ1) is 27.2. The molecule has 28 heavy (non-hydrogen) atoms. The molecule has 0 amide bonds. The molecule has 6 heteroatoms. The van der Waals surface area contributed by atoms with Gasteiger partial charge in [0.2, 0.25) is 0 Å². The molecular weight excluding hydrogens is 584 g/mol. The number of hydrogen-bond donors (Lipinski definition) is 0. The van der Waals surface area contributed by atoms with Gasteiger partial charge in [0, 0.05) is 15.6 Å². The summed E-state index contributed by atoms with van der Waals surface area (Å²) < 4.78 is 7.67. The molecule has 162 valence electrons. The van der Waals surface area contributed by atoms with E-state index in [0.29, 0.717) is 21.8 Å². The quantitative estimate of drug-likeness (QED) is 0.270. The van der Waals surface area contributed by atoms with Gasteiger partial charge in [-0.2, -0.15) is 0 Å². The highest BCUT2D eigenvalue weighted by Crippen LogP contribution is 2.33. The van der Waals surface area contributed by atoms with E-state index >= 15 is 0 Å². The first-order chi connectivity index (χ1) is 12.8. The molecule has 2 fully saturated rings. The Morgan fingerprint density at radius 3 is 1.96 bits per heavy atom. The van der Waals surface area contributed by atoms with Gasteiger partial charge < -0.3 is 38.7 Å². The largest absolute Gasteiger partial charge is 1.00 e. The second kappa shape index (κ2) is 15.0. The minimum atomic E-state index is 0. The molecule has 3 rings (SSSR count). The van der Waals surface area contributed by atoms with E-state index in [1.807, 2.05) is 0 Å². The van der Waals surface area contributed by atoms with Crippen LogP contribution in [0.25, 0.3) is 0 Å². The Morgan fingerprint density at radius 1 is 0.821 bits per heavy atom. The fourth-order valence-corrected chi connectivity index (χ4v) is 9.36. The summed E-state index contributed by atoms with van der Waals surface area (Å²) in [5.74, 6) is 9.41. The van der Waals surface area contributed by atoms with Gasteiger partial charge >= 0.3 is 0 Å². The second-order valence-corrected chi connectivity index (χ2v) is 13.2. The average Bonchev–Trinajstić information content (AvgIpc) is 3.32. The van der Waals surface area contributed by atoms with Gasteiger partial charge in [-0.05, 0) is 66.0 Å². The van der Waals surface area contributed by atoms with Crippen molar-refractivity contribution in [1.29, 1.82) is 0 Å². The normalized spacial score (nSPS) is 17.4. The van der Waals surface area contributed by atoms with Crippen molar-refractivity contribution in [3.05, 3.63) is 27.7 Å². The number of unbranched alkanes of at least 4 members (excludes halogenated alkanes) is 3. The maximum Gasteiger partial charge on any atom is 0.136 e. The molecule has 1 aromatic rings. The highest BCUT2D eigenvalue weighted by atomic mass is 79.9. The molecule has 0 N–H and O–H groups in total. The maximum absolute atomic E-state index is 6.34. The molecule has 1 aromatic carbocycles. The topological polar surface area (TPSA) is 9.23 Å². The standard InChI is InChI=1S/C22H35BrOS2.2BrH/c1-2-3-4-5-10-24-22-16-19(17-25-11-6-7-12-25)21(23)15-20(22)18-26-13-8-9-14-26;;/h15-16H,2-14,17-18H2,1H3;2*1H/q+2;;/p-2. The van der Waals surface area contributed by atoms with Crippen LogP contribution in [0.5, 0.6) is 5.75 Å².